The second kappa shape index (κ2) is 5.41. The molecule has 18 heavy (non-hydrogen) atoms. The van der Waals surface area contributed by atoms with Crippen molar-refractivity contribution in [3.05, 3.63) is 40.2 Å². The Morgan fingerprint density at radius 3 is 2.72 bits per heavy atom. The van der Waals surface area contributed by atoms with E-state index in [1.54, 1.807) is 19.2 Å². The minimum absolute atomic E-state index is 0.240. The Morgan fingerprint density at radius 1 is 1.44 bits per heavy atom. The highest BCUT2D eigenvalue weighted by molar-refractivity contribution is 7.05. The fraction of sp³-hybridized carbons (Fsp3) is 0.333. The maximum Gasteiger partial charge on any atom is 0.132 e. The van der Waals surface area contributed by atoms with Gasteiger partial charge in [0.1, 0.15) is 11.6 Å². The molecule has 0 fully saturated rings. The molecule has 2 aromatic rings. The van der Waals surface area contributed by atoms with Crippen molar-refractivity contribution >= 4 is 11.5 Å². The van der Waals surface area contributed by atoms with E-state index in [-0.39, 0.29) is 11.9 Å². The monoisotopic (exact) mass is 267 g/mol. The van der Waals surface area contributed by atoms with Gasteiger partial charge in [0.25, 0.3) is 0 Å². The van der Waals surface area contributed by atoms with Crippen LogP contribution in [0.1, 0.15) is 22.2 Å². The van der Waals surface area contributed by atoms with Crippen molar-refractivity contribution in [1.29, 1.82) is 0 Å². The largest absolute Gasteiger partial charge is 0.497 e. The van der Waals surface area contributed by atoms with Gasteiger partial charge in [-0.3, -0.25) is 0 Å². The molecule has 1 aromatic heterocycles. The van der Waals surface area contributed by atoms with Crippen LogP contribution >= 0.6 is 11.5 Å². The standard InChI is InChI=1S/C12H14FN3OS/c1-7-12(18-16-15-7)11(14-2)9-5-4-8(17-3)6-10(9)13/h4-6,11,14H,1-3H3. The summed E-state index contributed by atoms with van der Waals surface area (Å²) in [5.41, 5.74) is 1.38. The number of benzene rings is 1. The summed E-state index contributed by atoms with van der Waals surface area (Å²) >= 11 is 1.27. The van der Waals surface area contributed by atoms with Gasteiger partial charge in [-0.2, -0.15) is 0 Å². The average Bonchev–Trinajstić information content (AvgIpc) is 2.78. The van der Waals surface area contributed by atoms with E-state index in [0.717, 1.165) is 10.6 Å². The number of halogens is 1. The molecule has 1 unspecified atom stereocenters. The number of aromatic nitrogens is 2. The summed E-state index contributed by atoms with van der Waals surface area (Å²) in [7, 11) is 3.30. The molecule has 1 N–H and O–H groups in total. The highest BCUT2D eigenvalue weighted by Gasteiger charge is 2.21. The molecule has 1 heterocycles. The van der Waals surface area contributed by atoms with E-state index in [2.05, 4.69) is 14.9 Å². The third-order valence-corrected chi connectivity index (χ3v) is 3.65. The lowest BCUT2D eigenvalue weighted by atomic mass is 10.0. The Hall–Kier alpha value is -1.53. The predicted molar refractivity (Wildman–Crippen MR) is 68.5 cm³/mol. The SMILES string of the molecule is CNC(c1ccc(OC)cc1F)c1snnc1C. The summed E-state index contributed by atoms with van der Waals surface area (Å²) < 4.78 is 22.9. The molecular weight excluding hydrogens is 253 g/mol. The van der Waals surface area contributed by atoms with Crippen LogP contribution in [-0.2, 0) is 0 Å². The van der Waals surface area contributed by atoms with Crippen LogP contribution in [0.4, 0.5) is 4.39 Å². The van der Waals surface area contributed by atoms with Crippen LogP contribution in [0.3, 0.4) is 0 Å². The van der Waals surface area contributed by atoms with Gasteiger partial charge in [-0.15, -0.1) is 5.10 Å². The maximum absolute atomic E-state index is 14.0. The summed E-state index contributed by atoms with van der Waals surface area (Å²) in [5, 5.41) is 7.05. The zero-order valence-electron chi connectivity index (χ0n) is 10.4. The molecule has 0 aliphatic rings. The molecule has 2 rings (SSSR count). The second-order valence-electron chi connectivity index (χ2n) is 3.83. The normalized spacial score (nSPS) is 12.4. The molecule has 0 aliphatic carbocycles. The molecule has 0 saturated carbocycles. The molecule has 0 aliphatic heterocycles. The lowest BCUT2D eigenvalue weighted by Crippen LogP contribution is -2.18. The molecule has 0 amide bonds. The van der Waals surface area contributed by atoms with Crippen molar-refractivity contribution < 1.29 is 9.13 Å². The minimum atomic E-state index is -0.304. The van der Waals surface area contributed by atoms with E-state index >= 15 is 0 Å². The molecular formula is C12H14FN3OS. The summed E-state index contributed by atoms with van der Waals surface area (Å²) in [6, 6.07) is 4.60. The minimum Gasteiger partial charge on any atom is -0.497 e. The number of nitrogens with zero attached hydrogens (tertiary/aromatic N) is 2. The first-order valence-corrected chi connectivity index (χ1v) is 6.24. The lowest BCUT2D eigenvalue weighted by Gasteiger charge is -2.16. The van der Waals surface area contributed by atoms with Crippen LogP contribution < -0.4 is 10.1 Å². The first kappa shape index (κ1) is 12.9. The van der Waals surface area contributed by atoms with E-state index in [9.17, 15) is 4.39 Å². The van der Waals surface area contributed by atoms with Gasteiger partial charge in [-0.05, 0) is 31.6 Å². The molecule has 4 nitrogen and oxygen atoms in total. The van der Waals surface area contributed by atoms with Crippen LogP contribution in [0.5, 0.6) is 5.75 Å². The Balaban J connectivity index is 2.42. The van der Waals surface area contributed by atoms with Crippen LogP contribution in [-0.4, -0.2) is 23.7 Å². The van der Waals surface area contributed by atoms with Gasteiger partial charge >= 0.3 is 0 Å². The lowest BCUT2D eigenvalue weighted by molar-refractivity contribution is 0.410. The van der Waals surface area contributed by atoms with Crippen molar-refractivity contribution in [3.8, 4) is 5.75 Å². The van der Waals surface area contributed by atoms with E-state index in [1.165, 1.54) is 24.7 Å². The number of methoxy groups -OCH3 is 1. The Bertz CT molecular complexity index is 544. The molecule has 96 valence electrons. The Morgan fingerprint density at radius 2 is 2.22 bits per heavy atom. The van der Waals surface area contributed by atoms with Crippen LogP contribution in [0.2, 0.25) is 0 Å². The second-order valence-corrected chi connectivity index (χ2v) is 4.62. The molecule has 0 spiro atoms. The quantitative estimate of drug-likeness (QED) is 0.923. The maximum atomic E-state index is 14.0. The third kappa shape index (κ3) is 2.34. The average molecular weight is 267 g/mol. The zero-order chi connectivity index (χ0) is 13.1. The van der Waals surface area contributed by atoms with E-state index in [0.29, 0.717) is 11.3 Å². The Labute approximate surface area is 109 Å². The van der Waals surface area contributed by atoms with Gasteiger partial charge in [-0.25, -0.2) is 4.39 Å². The van der Waals surface area contributed by atoms with E-state index in [1.807, 2.05) is 6.92 Å². The van der Waals surface area contributed by atoms with Crippen molar-refractivity contribution in [2.75, 3.05) is 14.2 Å². The van der Waals surface area contributed by atoms with Crippen molar-refractivity contribution in [1.82, 2.24) is 14.9 Å². The number of hydrogen-bond acceptors (Lipinski definition) is 5. The first-order chi connectivity index (χ1) is 8.67. The highest BCUT2D eigenvalue weighted by atomic mass is 32.1. The Kier molecular flexibility index (Phi) is 3.88. The van der Waals surface area contributed by atoms with Gasteiger partial charge in [0.05, 0.1) is 23.7 Å². The topological polar surface area (TPSA) is 47.0 Å². The molecule has 0 saturated heterocycles. The van der Waals surface area contributed by atoms with Crippen molar-refractivity contribution in [2.24, 2.45) is 0 Å². The summed E-state index contributed by atoms with van der Waals surface area (Å²) in [6.07, 6.45) is 0. The van der Waals surface area contributed by atoms with E-state index in [4.69, 9.17) is 4.74 Å². The summed E-state index contributed by atoms with van der Waals surface area (Å²) in [4.78, 5) is 0.918. The van der Waals surface area contributed by atoms with Crippen molar-refractivity contribution in [3.63, 3.8) is 0 Å². The zero-order valence-corrected chi connectivity index (χ0v) is 11.2. The molecule has 1 atom stereocenters. The summed E-state index contributed by atoms with van der Waals surface area (Å²) in [6.45, 7) is 1.87. The highest BCUT2D eigenvalue weighted by Crippen LogP contribution is 2.29. The summed E-state index contributed by atoms with van der Waals surface area (Å²) in [5.74, 6) is 0.201. The van der Waals surface area contributed by atoms with E-state index < -0.39 is 0 Å². The van der Waals surface area contributed by atoms with Gasteiger partial charge in [0.2, 0.25) is 0 Å². The molecule has 6 heteroatoms. The van der Waals surface area contributed by atoms with Gasteiger partial charge in [0, 0.05) is 11.6 Å². The number of rotatable bonds is 4. The smallest absolute Gasteiger partial charge is 0.132 e. The van der Waals surface area contributed by atoms with Gasteiger partial charge < -0.3 is 10.1 Å². The predicted octanol–water partition coefficient (Wildman–Crippen LogP) is 2.30. The fourth-order valence-electron chi connectivity index (χ4n) is 1.80. The van der Waals surface area contributed by atoms with Crippen LogP contribution in [0, 0.1) is 12.7 Å². The number of aryl methyl sites for hydroxylation is 1. The number of nitrogens with one attached hydrogen (secondary N) is 1. The number of ether oxygens (including phenoxy) is 1. The van der Waals surface area contributed by atoms with Gasteiger partial charge in [-0.1, -0.05) is 10.6 Å². The molecule has 1 aromatic carbocycles. The van der Waals surface area contributed by atoms with Crippen LogP contribution in [0.25, 0.3) is 0 Å². The number of hydrogen-bond donors (Lipinski definition) is 1. The fourth-order valence-corrected chi connectivity index (χ4v) is 2.57. The van der Waals surface area contributed by atoms with Gasteiger partial charge in [0.15, 0.2) is 0 Å². The molecule has 0 radical (unpaired) electrons. The van der Waals surface area contributed by atoms with Crippen LogP contribution in [0.15, 0.2) is 18.2 Å². The van der Waals surface area contributed by atoms with Crippen molar-refractivity contribution in [2.45, 2.75) is 13.0 Å². The molecule has 0 bridgehead atoms. The third-order valence-electron chi connectivity index (χ3n) is 2.76. The first-order valence-electron chi connectivity index (χ1n) is 5.47.